The van der Waals surface area contributed by atoms with E-state index in [2.05, 4.69) is 0 Å². The van der Waals surface area contributed by atoms with Gasteiger partial charge in [-0.05, 0) is 30.7 Å². The van der Waals surface area contributed by atoms with Crippen LogP contribution >= 0.6 is 23.7 Å². The number of hydrogen-bond donors (Lipinski definition) is 1. The van der Waals surface area contributed by atoms with Crippen molar-refractivity contribution in [3.8, 4) is 0 Å². The highest BCUT2D eigenvalue weighted by atomic mass is 35.5. The lowest BCUT2D eigenvalue weighted by Gasteiger charge is -2.36. The van der Waals surface area contributed by atoms with Crippen molar-refractivity contribution in [2.45, 2.75) is 25.3 Å². The van der Waals surface area contributed by atoms with Gasteiger partial charge < -0.3 is 15.5 Å². The van der Waals surface area contributed by atoms with E-state index < -0.39 is 0 Å². The van der Waals surface area contributed by atoms with E-state index >= 15 is 0 Å². The predicted molar refractivity (Wildman–Crippen MR) is 89.4 cm³/mol. The van der Waals surface area contributed by atoms with Gasteiger partial charge >= 0.3 is 0 Å². The zero-order chi connectivity index (χ0) is 14.8. The Bertz CT molecular complexity index is 515. The topological polar surface area (TPSA) is 66.6 Å². The largest absolute Gasteiger partial charge is 0.339 e. The molecule has 3 rings (SSSR count). The highest BCUT2D eigenvalue weighted by Crippen LogP contribution is 2.26. The number of nitrogens with two attached hydrogens (primary N) is 1. The van der Waals surface area contributed by atoms with Crippen LogP contribution in [0, 0.1) is 5.92 Å². The van der Waals surface area contributed by atoms with Crippen LogP contribution in [0.3, 0.4) is 0 Å². The van der Waals surface area contributed by atoms with Crippen molar-refractivity contribution >= 4 is 35.6 Å². The minimum absolute atomic E-state index is 0. The van der Waals surface area contributed by atoms with Gasteiger partial charge in [0.15, 0.2) is 0 Å². The molecule has 2 fully saturated rings. The average Bonchev–Trinajstić information content (AvgIpc) is 3.17. The van der Waals surface area contributed by atoms with Crippen LogP contribution in [-0.2, 0) is 4.79 Å². The SMILES string of the molecule is Cl.NC1CCC(C(=O)N2CCN(C(=O)c3ccsc3)CC2)C1. The Morgan fingerprint density at radius 3 is 2.36 bits per heavy atom. The Kier molecular flexibility index (Phi) is 5.83. The molecule has 1 aromatic heterocycles. The molecule has 122 valence electrons. The van der Waals surface area contributed by atoms with E-state index in [9.17, 15) is 9.59 Å². The number of hydrogen-bond acceptors (Lipinski definition) is 4. The molecule has 5 nitrogen and oxygen atoms in total. The number of amides is 2. The average molecular weight is 344 g/mol. The van der Waals surface area contributed by atoms with Gasteiger partial charge in [-0.3, -0.25) is 9.59 Å². The fourth-order valence-corrected chi connectivity index (χ4v) is 3.83. The lowest BCUT2D eigenvalue weighted by molar-refractivity contribution is -0.136. The summed E-state index contributed by atoms with van der Waals surface area (Å²) < 4.78 is 0. The van der Waals surface area contributed by atoms with Crippen LogP contribution in [0.25, 0.3) is 0 Å². The molecule has 2 atom stereocenters. The highest BCUT2D eigenvalue weighted by molar-refractivity contribution is 7.08. The van der Waals surface area contributed by atoms with E-state index in [1.165, 1.54) is 11.3 Å². The molecule has 0 bridgehead atoms. The lowest BCUT2D eigenvalue weighted by Crippen LogP contribution is -2.51. The second kappa shape index (κ2) is 7.44. The van der Waals surface area contributed by atoms with Crippen molar-refractivity contribution in [1.29, 1.82) is 0 Å². The van der Waals surface area contributed by atoms with Gasteiger partial charge in [0.2, 0.25) is 5.91 Å². The van der Waals surface area contributed by atoms with E-state index in [4.69, 9.17) is 5.73 Å². The quantitative estimate of drug-likeness (QED) is 0.886. The molecule has 22 heavy (non-hydrogen) atoms. The van der Waals surface area contributed by atoms with Crippen LogP contribution in [0.1, 0.15) is 29.6 Å². The minimum Gasteiger partial charge on any atom is -0.339 e. The van der Waals surface area contributed by atoms with Gasteiger partial charge in [-0.25, -0.2) is 0 Å². The number of rotatable bonds is 2. The van der Waals surface area contributed by atoms with Crippen molar-refractivity contribution < 1.29 is 9.59 Å². The minimum atomic E-state index is 0. The van der Waals surface area contributed by atoms with Crippen molar-refractivity contribution in [3.05, 3.63) is 22.4 Å². The molecule has 0 spiro atoms. The van der Waals surface area contributed by atoms with Gasteiger partial charge in [-0.2, -0.15) is 11.3 Å². The lowest BCUT2D eigenvalue weighted by atomic mass is 10.1. The van der Waals surface area contributed by atoms with Crippen LogP contribution in [0.5, 0.6) is 0 Å². The maximum Gasteiger partial charge on any atom is 0.254 e. The number of halogens is 1. The fourth-order valence-electron chi connectivity index (χ4n) is 3.20. The van der Waals surface area contributed by atoms with E-state index in [1.807, 2.05) is 26.6 Å². The van der Waals surface area contributed by atoms with E-state index in [0.29, 0.717) is 26.2 Å². The number of nitrogens with zero attached hydrogens (tertiary/aromatic N) is 2. The molecule has 1 aliphatic carbocycles. The molecule has 1 saturated carbocycles. The molecule has 0 aromatic carbocycles. The third-order valence-corrected chi connectivity index (χ3v) is 5.15. The van der Waals surface area contributed by atoms with Gasteiger partial charge in [0.25, 0.3) is 5.91 Å². The summed E-state index contributed by atoms with van der Waals surface area (Å²) in [5.41, 5.74) is 6.64. The molecule has 1 aliphatic heterocycles. The Hall–Kier alpha value is -1.11. The summed E-state index contributed by atoms with van der Waals surface area (Å²) >= 11 is 1.53. The zero-order valence-electron chi connectivity index (χ0n) is 12.4. The number of thiophene rings is 1. The fraction of sp³-hybridized carbons (Fsp3) is 0.600. The van der Waals surface area contributed by atoms with Crippen LogP contribution in [-0.4, -0.2) is 53.8 Å². The number of carbonyl (C=O) groups excluding carboxylic acids is 2. The molecule has 1 saturated heterocycles. The maximum atomic E-state index is 12.4. The summed E-state index contributed by atoms with van der Waals surface area (Å²) in [6.07, 6.45) is 2.67. The first-order chi connectivity index (χ1) is 10.1. The molecular formula is C15H22ClN3O2S. The Labute approximate surface area is 140 Å². The van der Waals surface area contributed by atoms with Crippen LogP contribution in [0.2, 0.25) is 0 Å². The molecule has 7 heteroatoms. The molecular weight excluding hydrogens is 322 g/mol. The normalized spacial score (nSPS) is 25.0. The second-order valence-corrected chi connectivity index (χ2v) is 6.68. The molecule has 2 aliphatic rings. The Morgan fingerprint density at radius 1 is 1.14 bits per heavy atom. The molecule has 2 amide bonds. The summed E-state index contributed by atoms with van der Waals surface area (Å²) in [6.45, 7) is 2.53. The van der Waals surface area contributed by atoms with Gasteiger partial charge in [0.05, 0.1) is 5.56 Å². The van der Waals surface area contributed by atoms with E-state index in [-0.39, 0.29) is 36.2 Å². The zero-order valence-corrected chi connectivity index (χ0v) is 14.1. The predicted octanol–water partition coefficient (Wildman–Crippen LogP) is 1.58. The highest BCUT2D eigenvalue weighted by Gasteiger charge is 2.33. The van der Waals surface area contributed by atoms with Crippen LogP contribution in [0.4, 0.5) is 0 Å². The van der Waals surface area contributed by atoms with Crippen LogP contribution < -0.4 is 5.73 Å². The summed E-state index contributed by atoms with van der Waals surface area (Å²) in [5, 5.41) is 3.79. The molecule has 2 N–H and O–H groups in total. The van der Waals surface area contributed by atoms with Crippen molar-refractivity contribution in [3.63, 3.8) is 0 Å². The van der Waals surface area contributed by atoms with Gasteiger partial charge in [0, 0.05) is 43.5 Å². The summed E-state index contributed by atoms with van der Waals surface area (Å²) in [4.78, 5) is 28.4. The molecule has 2 unspecified atom stereocenters. The van der Waals surface area contributed by atoms with Gasteiger partial charge in [0.1, 0.15) is 0 Å². The molecule has 2 heterocycles. The third kappa shape index (κ3) is 3.62. The molecule has 0 radical (unpaired) electrons. The van der Waals surface area contributed by atoms with Crippen LogP contribution in [0.15, 0.2) is 16.8 Å². The Morgan fingerprint density at radius 2 is 1.82 bits per heavy atom. The van der Waals surface area contributed by atoms with E-state index in [0.717, 1.165) is 24.8 Å². The number of piperazine rings is 1. The number of carbonyl (C=O) groups is 2. The van der Waals surface area contributed by atoms with Crippen molar-refractivity contribution in [2.75, 3.05) is 26.2 Å². The van der Waals surface area contributed by atoms with Crippen molar-refractivity contribution in [2.24, 2.45) is 11.7 Å². The van der Waals surface area contributed by atoms with Gasteiger partial charge in [-0.15, -0.1) is 12.4 Å². The monoisotopic (exact) mass is 343 g/mol. The standard InChI is InChI=1S/C15H21N3O2S.ClH/c16-13-2-1-11(9-13)14(19)17-4-6-18(7-5-17)15(20)12-3-8-21-10-12;/h3,8,10-11,13H,1-2,4-7,9,16H2;1H. The first-order valence-electron chi connectivity index (χ1n) is 7.51. The van der Waals surface area contributed by atoms with Gasteiger partial charge in [-0.1, -0.05) is 0 Å². The maximum absolute atomic E-state index is 12.4. The van der Waals surface area contributed by atoms with E-state index in [1.54, 1.807) is 0 Å². The summed E-state index contributed by atoms with van der Waals surface area (Å²) in [7, 11) is 0. The first kappa shape index (κ1) is 17.2. The summed E-state index contributed by atoms with van der Waals surface area (Å²) in [5.74, 6) is 0.399. The second-order valence-electron chi connectivity index (χ2n) is 5.90. The first-order valence-corrected chi connectivity index (χ1v) is 8.45. The Balaban J connectivity index is 0.00000176. The van der Waals surface area contributed by atoms with Crippen molar-refractivity contribution in [1.82, 2.24) is 9.80 Å². The summed E-state index contributed by atoms with van der Waals surface area (Å²) in [6, 6.07) is 2.03. The third-order valence-electron chi connectivity index (χ3n) is 4.47. The molecule has 1 aromatic rings. The smallest absolute Gasteiger partial charge is 0.254 e.